The van der Waals surface area contributed by atoms with E-state index < -0.39 is 0 Å². The van der Waals surface area contributed by atoms with Crippen molar-refractivity contribution in [2.24, 2.45) is 0 Å². The molecule has 5 nitrogen and oxygen atoms in total. The molecule has 0 aromatic carbocycles. The molecule has 2 fully saturated rings. The van der Waals surface area contributed by atoms with Crippen LogP contribution in [0.25, 0.3) is 0 Å². The van der Waals surface area contributed by atoms with Crippen LogP contribution in [0.3, 0.4) is 0 Å². The molecule has 2 rings (SSSR count). The molecule has 2 aliphatic heterocycles. The summed E-state index contributed by atoms with van der Waals surface area (Å²) < 4.78 is 5.52. The first-order valence-electron chi connectivity index (χ1n) is 7.91. The predicted octanol–water partition coefficient (Wildman–Crippen LogP) is 0.905. The smallest absolute Gasteiger partial charge is 0.237 e. The fraction of sp³-hybridized carbons (Fsp3) is 0.933. The lowest BCUT2D eigenvalue weighted by molar-refractivity contribution is -0.127. The van der Waals surface area contributed by atoms with Crippen LogP contribution in [0.4, 0.5) is 0 Å². The number of aliphatic hydroxyl groups excluding tert-OH is 1. The first kappa shape index (κ1) is 15.7. The largest absolute Gasteiger partial charge is 0.393 e. The molecule has 0 spiro atoms. The van der Waals surface area contributed by atoms with E-state index in [9.17, 15) is 9.90 Å². The van der Waals surface area contributed by atoms with Crippen molar-refractivity contribution in [2.75, 3.05) is 19.7 Å². The normalized spacial score (nSPS) is 30.4. The van der Waals surface area contributed by atoms with Crippen LogP contribution in [-0.2, 0) is 9.53 Å². The van der Waals surface area contributed by atoms with E-state index in [2.05, 4.69) is 10.2 Å². The van der Waals surface area contributed by atoms with Gasteiger partial charge in [0.05, 0.1) is 18.2 Å². The topological polar surface area (TPSA) is 61.8 Å². The van der Waals surface area contributed by atoms with E-state index in [1.165, 1.54) is 0 Å². The van der Waals surface area contributed by atoms with Crippen molar-refractivity contribution in [3.63, 3.8) is 0 Å². The summed E-state index contributed by atoms with van der Waals surface area (Å²) >= 11 is 0. The number of likely N-dealkylation sites (tertiary alicyclic amines) is 1. The van der Waals surface area contributed by atoms with Crippen molar-refractivity contribution in [1.29, 1.82) is 0 Å². The van der Waals surface area contributed by atoms with E-state index >= 15 is 0 Å². The van der Waals surface area contributed by atoms with Gasteiger partial charge in [0.2, 0.25) is 5.91 Å². The van der Waals surface area contributed by atoms with Gasteiger partial charge in [-0.3, -0.25) is 9.69 Å². The van der Waals surface area contributed by atoms with Gasteiger partial charge >= 0.3 is 0 Å². The fourth-order valence-electron chi connectivity index (χ4n) is 3.33. The monoisotopic (exact) mass is 284 g/mol. The molecule has 0 aromatic heterocycles. The minimum atomic E-state index is -0.303. The highest BCUT2D eigenvalue weighted by molar-refractivity contribution is 5.81. The lowest BCUT2D eigenvalue weighted by Crippen LogP contribution is -2.49. The summed E-state index contributed by atoms with van der Waals surface area (Å²) in [6, 6.07) is 0.209. The van der Waals surface area contributed by atoms with E-state index in [1.54, 1.807) is 0 Å². The third-order valence-corrected chi connectivity index (χ3v) is 4.44. The van der Waals surface area contributed by atoms with Gasteiger partial charge in [-0.2, -0.15) is 0 Å². The van der Waals surface area contributed by atoms with Gasteiger partial charge in [-0.15, -0.1) is 0 Å². The number of carbonyl (C=O) groups excluding carboxylic acids is 1. The summed E-state index contributed by atoms with van der Waals surface area (Å²) in [7, 11) is 0. The summed E-state index contributed by atoms with van der Waals surface area (Å²) in [6.45, 7) is 6.17. The van der Waals surface area contributed by atoms with Crippen LogP contribution in [-0.4, -0.2) is 59.9 Å². The Balaban J connectivity index is 1.79. The SMILES string of the molecule is CC(O)CC1CCCN1C(C)C(=O)NCC1CCCO1. The molecular formula is C15H28N2O3. The maximum absolute atomic E-state index is 12.2. The average molecular weight is 284 g/mol. The van der Waals surface area contributed by atoms with Crippen molar-refractivity contribution in [3.8, 4) is 0 Å². The zero-order valence-electron chi connectivity index (χ0n) is 12.7. The summed E-state index contributed by atoms with van der Waals surface area (Å²) in [4.78, 5) is 14.5. The summed E-state index contributed by atoms with van der Waals surface area (Å²) in [5, 5.41) is 12.6. The maximum Gasteiger partial charge on any atom is 0.237 e. The van der Waals surface area contributed by atoms with Crippen LogP contribution in [0.1, 0.15) is 46.0 Å². The molecule has 0 radical (unpaired) electrons. The van der Waals surface area contributed by atoms with E-state index in [-0.39, 0.29) is 24.2 Å². The molecule has 2 N–H and O–H groups in total. The molecule has 0 aromatic rings. The number of rotatable bonds is 6. The summed E-state index contributed by atoms with van der Waals surface area (Å²) in [5.74, 6) is 0.0815. The van der Waals surface area contributed by atoms with Gasteiger partial charge in [-0.25, -0.2) is 0 Å². The third kappa shape index (κ3) is 4.17. The highest BCUT2D eigenvalue weighted by Gasteiger charge is 2.32. The Morgan fingerprint density at radius 3 is 2.85 bits per heavy atom. The standard InChI is InChI=1S/C15H28N2O3/c1-11(18)9-13-5-3-7-17(13)12(2)15(19)16-10-14-6-4-8-20-14/h11-14,18H,3-10H2,1-2H3,(H,16,19). The fourth-order valence-corrected chi connectivity index (χ4v) is 3.33. The second kappa shape index (κ2) is 7.38. The zero-order chi connectivity index (χ0) is 14.5. The van der Waals surface area contributed by atoms with Gasteiger partial charge in [0.1, 0.15) is 0 Å². The molecule has 0 saturated carbocycles. The molecular weight excluding hydrogens is 256 g/mol. The van der Waals surface area contributed by atoms with Gasteiger partial charge in [0.15, 0.2) is 0 Å². The number of nitrogens with zero attached hydrogens (tertiary/aromatic N) is 1. The van der Waals surface area contributed by atoms with E-state index in [4.69, 9.17) is 4.74 Å². The number of hydrogen-bond donors (Lipinski definition) is 2. The molecule has 0 bridgehead atoms. The van der Waals surface area contributed by atoms with E-state index in [0.717, 1.165) is 45.3 Å². The lowest BCUT2D eigenvalue weighted by Gasteiger charge is -2.30. The van der Waals surface area contributed by atoms with Gasteiger partial charge in [-0.05, 0) is 52.5 Å². The number of aliphatic hydroxyl groups is 1. The van der Waals surface area contributed by atoms with Crippen LogP contribution in [0, 0.1) is 0 Å². The first-order valence-corrected chi connectivity index (χ1v) is 7.91. The van der Waals surface area contributed by atoms with E-state index in [0.29, 0.717) is 12.6 Å². The Bertz CT molecular complexity index is 316. The molecule has 116 valence electrons. The van der Waals surface area contributed by atoms with Gasteiger partial charge in [0, 0.05) is 19.2 Å². The molecule has 0 aliphatic carbocycles. The van der Waals surface area contributed by atoms with Crippen LogP contribution in [0.5, 0.6) is 0 Å². The Morgan fingerprint density at radius 2 is 2.20 bits per heavy atom. The second-order valence-corrected chi connectivity index (χ2v) is 6.17. The lowest BCUT2D eigenvalue weighted by atomic mass is 10.1. The number of carbonyl (C=O) groups is 1. The molecule has 2 aliphatic rings. The van der Waals surface area contributed by atoms with Crippen molar-refractivity contribution in [2.45, 2.75) is 70.2 Å². The van der Waals surface area contributed by atoms with E-state index in [1.807, 2.05) is 13.8 Å². The number of hydrogen-bond acceptors (Lipinski definition) is 4. The number of ether oxygens (including phenoxy) is 1. The minimum absolute atomic E-state index is 0.0815. The van der Waals surface area contributed by atoms with Crippen molar-refractivity contribution < 1.29 is 14.6 Å². The molecule has 4 atom stereocenters. The molecule has 5 heteroatoms. The highest BCUT2D eigenvalue weighted by atomic mass is 16.5. The van der Waals surface area contributed by atoms with Crippen LogP contribution in [0.2, 0.25) is 0 Å². The third-order valence-electron chi connectivity index (χ3n) is 4.44. The van der Waals surface area contributed by atoms with Crippen LogP contribution < -0.4 is 5.32 Å². The van der Waals surface area contributed by atoms with Gasteiger partial charge in [0.25, 0.3) is 0 Å². The Hall–Kier alpha value is -0.650. The van der Waals surface area contributed by atoms with Gasteiger partial charge < -0.3 is 15.2 Å². The summed E-state index contributed by atoms with van der Waals surface area (Å²) in [5.41, 5.74) is 0. The predicted molar refractivity (Wildman–Crippen MR) is 77.5 cm³/mol. The Labute approximate surface area is 121 Å². The van der Waals surface area contributed by atoms with Crippen molar-refractivity contribution >= 4 is 5.91 Å². The molecule has 20 heavy (non-hydrogen) atoms. The molecule has 1 amide bonds. The van der Waals surface area contributed by atoms with Crippen LogP contribution >= 0.6 is 0 Å². The zero-order valence-corrected chi connectivity index (χ0v) is 12.7. The quantitative estimate of drug-likeness (QED) is 0.761. The maximum atomic E-state index is 12.2. The second-order valence-electron chi connectivity index (χ2n) is 6.17. The number of amides is 1. The van der Waals surface area contributed by atoms with Gasteiger partial charge in [-0.1, -0.05) is 0 Å². The first-order chi connectivity index (χ1) is 9.58. The Kier molecular flexibility index (Phi) is 5.81. The number of nitrogens with one attached hydrogen (secondary N) is 1. The highest BCUT2D eigenvalue weighted by Crippen LogP contribution is 2.24. The molecule has 2 heterocycles. The molecule has 4 unspecified atom stereocenters. The summed E-state index contributed by atoms with van der Waals surface area (Å²) in [6.07, 6.45) is 4.97. The van der Waals surface area contributed by atoms with Crippen molar-refractivity contribution in [1.82, 2.24) is 10.2 Å². The molecule has 2 saturated heterocycles. The Morgan fingerprint density at radius 1 is 1.40 bits per heavy atom. The van der Waals surface area contributed by atoms with Crippen LogP contribution in [0.15, 0.2) is 0 Å². The van der Waals surface area contributed by atoms with Crippen molar-refractivity contribution in [3.05, 3.63) is 0 Å². The minimum Gasteiger partial charge on any atom is -0.393 e. The average Bonchev–Trinajstić information content (AvgIpc) is 3.05.